The predicted molar refractivity (Wildman–Crippen MR) is 57.0 cm³/mol. The zero-order valence-electron chi connectivity index (χ0n) is 9.51. The van der Waals surface area contributed by atoms with Crippen molar-refractivity contribution in [3.05, 3.63) is 29.3 Å². The van der Waals surface area contributed by atoms with Crippen LogP contribution in [0.5, 0.6) is 0 Å². The molecule has 2 rings (SSSR count). The maximum Gasteiger partial charge on any atom is 0.172 e. The van der Waals surface area contributed by atoms with Gasteiger partial charge in [0.2, 0.25) is 0 Å². The summed E-state index contributed by atoms with van der Waals surface area (Å²) in [5, 5.41) is 11.8. The molecule has 2 aromatic heterocycles. The van der Waals surface area contributed by atoms with E-state index in [0.29, 0.717) is 11.3 Å². The van der Waals surface area contributed by atoms with Gasteiger partial charge in [-0.15, -0.1) is 5.10 Å². The van der Waals surface area contributed by atoms with E-state index in [2.05, 4.69) is 15.4 Å². The second kappa shape index (κ2) is 3.88. The number of nitrogens with zero attached hydrogens (tertiary/aromatic N) is 5. The van der Waals surface area contributed by atoms with E-state index in [9.17, 15) is 4.79 Å². The van der Waals surface area contributed by atoms with Crippen molar-refractivity contribution < 1.29 is 4.79 Å². The number of Topliss-reactive ketones (excluding diaryl/α,β-unsaturated/α-hetero) is 1. The zero-order chi connectivity index (χ0) is 11.7. The van der Waals surface area contributed by atoms with Gasteiger partial charge < -0.3 is 0 Å². The van der Waals surface area contributed by atoms with Crippen LogP contribution in [0.2, 0.25) is 0 Å². The van der Waals surface area contributed by atoms with Gasteiger partial charge in [0.1, 0.15) is 0 Å². The maximum atomic E-state index is 11.9. The highest BCUT2D eigenvalue weighted by Gasteiger charge is 2.14. The van der Waals surface area contributed by atoms with Gasteiger partial charge in [0.05, 0.1) is 23.4 Å². The Balaban J connectivity index is 2.17. The van der Waals surface area contributed by atoms with Gasteiger partial charge in [-0.3, -0.25) is 14.2 Å². The summed E-state index contributed by atoms with van der Waals surface area (Å²) >= 11 is 0. The van der Waals surface area contributed by atoms with Crippen molar-refractivity contribution in [3.63, 3.8) is 0 Å². The molecule has 0 aliphatic heterocycles. The van der Waals surface area contributed by atoms with Gasteiger partial charge in [0.15, 0.2) is 5.78 Å². The highest BCUT2D eigenvalue weighted by Crippen LogP contribution is 2.08. The normalized spacial score (nSPS) is 10.7. The topological polar surface area (TPSA) is 65.6 Å². The second-order valence-corrected chi connectivity index (χ2v) is 3.79. The van der Waals surface area contributed by atoms with Gasteiger partial charge in [0.25, 0.3) is 0 Å². The molecule has 0 fully saturated rings. The molecule has 0 amide bonds. The molecule has 2 heterocycles. The number of carbonyl (C=O) groups is 1. The quantitative estimate of drug-likeness (QED) is 0.695. The van der Waals surface area contributed by atoms with Crippen LogP contribution in [0.4, 0.5) is 0 Å². The van der Waals surface area contributed by atoms with Crippen LogP contribution < -0.4 is 0 Å². The molecule has 6 nitrogen and oxygen atoms in total. The van der Waals surface area contributed by atoms with Crippen LogP contribution in [0.1, 0.15) is 21.7 Å². The summed E-state index contributed by atoms with van der Waals surface area (Å²) in [5.41, 5.74) is 2.07. The van der Waals surface area contributed by atoms with Crippen LogP contribution >= 0.6 is 0 Å². The van der Waals surface area contributed by atoms with Crippen LogP contribution in [0.25, 0.3) is 0 Å². The summed E-state index contributed by atoms with van der Waals surface area (Å²) in [6.45, 7) is 1.82. The fraction of sp³-hybridized carbons (Fsp3) is 0.400. The van der Waals surface area contributed by atoms with Crippen LogP contribution in [0.15, 0.2) is 12.4 Å². The number of rotatable bonds is 3. The molecule has 0 aliphatic carbocycles. The zero-order valence-corrected chi connectivity index (χ0v) is 9.51. The Labute approximate surface area is 92.9 Å². The van der Waals surface area contributed by atoms with Gasteiger partial charge in [-0.2, -0.15) is 5.10 Å². The molecule has 0 unspecified atom stereocenters. The maximum absolute atomic E-state index is 11.9. The molecule has 0 N–H and O–H groups in total. The first-order valence-electron chi connectivity index (χ1n) is 4.95. The third-order valence-electron chi connectivity index (χ3n) is 2.31. The summed E-state index contributed by atoms with van der Waals surface area (Å²) in [6, 6.07) is 0. The number of aromatic nitrogens is 5. The first kappa shape index (κ1) is 10.5. The van der Waals surface area contributed by atoms with Gasteiger partial charge in [-0.1, -0.05) is 5.21 Å². The van der Waals surface area contributed by atoms with Crippen molar-refractivity contribution in [2.75, 3.05) is 0 Å². The van der Waals surface area contributed by atoms with E-state index in [1.54, 1.807) is 35.9 Å². The lowest BCUT2D eigenvalue weighted by Crippen LogP contribution is -2.04. The molecule has 0 bridgehead atoms. The lowest BCUT2D eigenvalue weighted by molar-refractivity contribution is 0.0991. The molecule has 0 saturated heterocycles. The van der Waals surface area contributed by atoms with Crippen LogP contribution in [-0.4, -0.2) is 30.6 Å². The number of aryl methyl sites for hydroxylation is 3. The molecule has 6 heteroatoms. The number of carbonyl (C=O) groups excluding carboxylic acids is 1. The van der Waals surface area contributed by atoms with Gasteiger partial charge in [-0.05, 0) is 6.92 Å². The fourth-order valence-electron chi connectivity index (χ4n) is 1.61. The first-order chi connectivity index (χ1) is 7.56. The van der Waals surface area contributed by atoms with Crippen molar-refractivity contribution in [2.45, 2.75) is 13.3 Å². The molecule has 0 atom stereocenters. The minimum absolute atomic E-state index is 0.0195. The first-order valence-corrected chi connectivity index (χ1v) is 4.95. The molecule has 84 valence electrons. The minimum atomic E-state index is 0.0195. The largest absolute Gasteiger partial charge is 0.294 e. The number of hydrogen-bond donors (Lipinski definition) is 0. The Bertz CT molecular complexity index is 525. The highest BCUT2D eigenvalue weighted by molar-refractivity contribution is 5.98. The van der Waals surface area contributed by atoms with E-state index in [4.69, 9.17) is 0 Å². The Morgan fingerprint density at radius 2 is 2.06 bits per heavy atom. The monoisotopic (exact) mass is 219 g/mol. The summed E-state index contributed by atoms with van der Waals surface area (Å²) < 4.78 is 3.22. The second-order valence-electron chi connectivity index (χ2n) is 3.79. The van der Waals surface area contributed by atoms with Crippen LogP contribution in [0, 0.1) is 6.92 Å². The SMILES string of the molecule is Cc1nn(C)cc1C(=O)Cc1cn(C)nn1. The molecule has 0 aromatic carbocycles. The fourth-order valence-corrected chi connectivity index (χ4v) is 1.61. The van der Waals surface area contributed by atoms with Crippen molar-refractivity contribution >= 4 is 5.78 Å². The highest BCUT2D eigenvalue weighted by atomic mass is 16.1. The molecule has 0 saturated carbocycles. The minimum Gasteiger partial charge on any atom is -0.294 e. The Hall–Kier alpha value is -1.98. The Morgan fingerprint density at radius 1 is 1.31 bits per heavy atom. The molecular weight excluding hydrogens is 206 g/mol. The third kappa shape index (κ3) is 2.00. The van der Waals surface area contributed by atoms with Crippen LogP contribution in [0.3, 0.4) is 0 Å². The van der Waals surface area contributed by atoms with Crippen LogP contribution in [-0.2, 0) is 20.5 Å². The standard InChI is InChI=1S/C10H13N5O/c1-7-9(6-14(2)12-7)10(16)4-8-5-15(3)13-11-8/h5-6H,4H2,1-3H3. The summed E-state index contributed by atoms with van der Waals surface area (Å²) in [7, 11) is 3.57. The van der Waals surface area contributed by atoms with Gasteiger partial charge in [-0.25, -0.2) is 0 Å². The predicted octanol–water partition coefficient (Wildman–Crippen LogP) is 0.282. The van der Waals surface area contributed by atoms with Crippen molar-refractivity contribution in [2.24, 2.45) is 14.1 Å². The smallest absolute Gasteiger partial charge is 0.172 e. The molecule has 0 spiro atoms. The van der Waals surface area contributed by atoms with E-state index >= 15 is 0 Å². The van der Waals surface area contributed by atoms with Crippen molar-refractivity contribution in [1.82, 2.24) is 24.8 Å². The Kier molecular flexibility index (Phi) is 2.55. The van der Waals surface area contributed by atoms with Gasteiger partial charge >= 0.3 is 0 Å². The molecule has 2 aromatic rings. The van der Waals surface area contributed by atoms with Crippen molar-refractivity contribution in [1.29, 1.82) is 0 Å². The summed E-state index contributed by atoms with van der Waals surface area (Å²) in [5.74, 6) is 0.0195. The van der Waals surface area contributed by atoms with Crippen molar-refractivity contribution in [3.8, 4) is 0 Å². The van der Waals surface area contributed by atoms with E-state index in [1.165, 1.54) is 0 Å². The van der Waals surface area contributed by atoms with Gasteiger partial charge in [0, 0.05) is 26.5 Å². The average molecular weight is 219 g/mol. The summed E-state index contributed by atoms with van der Waals surface area (Å²) in [6.07, 6.45) is 3.73. The molecule has 0 aliphatic rings. The number of ketones is 1. The van der Waals surface area contributed by atoms with E-state index in [0.717, 1.165) is 5.69 Å². The third-order valence-corrected chi connectivity index (χ3v) is 2.31. The molecule has 16 heavy (non-hydrogen) atoms. The van der Waals surface area contributed by atoms with E-state index in [1.807, 2.05) is 6.92 Å². The van der Waals surface area contributed by atoms with E-state index < -0.39 is 0 Å². The summed E-state index contributed by atoms with van der Waals surface area (Å²) in [4.78, 5) is 11.9. The lowest BCUT2D eigenvalue weighted by Gasteiger charge is -1.94. The molecule has 0 radical (unpaired) electrons. The average Bonchev–Trinajstić information content (AvgIpc) is 2.73. The Morgan fingerprint density at radius 3 is 2.56 bits per heavy atom. The molecular formula is C10H13N5O. The number of hydrogen-bond acceptors (Lipinski definition) is 4. The van der Waals surface area contributed by atoms with E-state index in [-0.39, 0.29) is 12.2 Å². The lowest BCUT2D eigenvalue weighted by atomic mass is 10.1.